The Morgan fingerprint density at radius 1 is 1.53 bits per heavy atom. The number of halogens is 2. The molecule has 0 amide bonds. The largest absolute Gasteiger partial charge is 0.480 e. The fourth-order valence-electron chi connectivity index (χ4n) is 1.42. The van der Waals surface area contributed by atoms with Crippen molar-refractivity contribution in [3.05, 3.63) is 34.6 Å². The van der Waals surface area contributed by atoms with Crippen LogP contribution in [0.2, 0.25) is 5.02 Å². The van der Waals surface area contributed by atoms with Gasteiger partial charge in [0.2, 0.25) is 0 Å². The Kier molecular flexibility index (Phi) is 4.90. The molecule has 0 saturated carbocycles. The Hall–Kier alpha value is -1.13. The molecule has 1 unspecified atom stereocenters. The molecule has 0 aliphatic carbocycles. The van der Waals surface area contributed by atoms with Crippen LogP contribution in [0, 0.1) is 11.7 Å². The average Bonchev–Trinajstić information content (AvgIpc) is 2.20. The van der Waals surface area contributed by atoms with Crippen molar-refractivity contribution in [1.29, 1.82) is 0 Å². The molecule has 0 saturated heterocycles. The van der Waals surface area contributed by atoms with Gasteiger partial charge < -0.3 is 10.4 Å². The number of nitrogens with one attached hydrogen (secondary N) is 1. The minimum Gasteiger partial charge on any atom is -0.480 e. The van der Waals surface area contributed by atoms with E-state index in [1.165, 1.54) is 12.1 Å². The first-order chi connectivity index (χ1) is 7.91. The van der Waals surface area contributed by atoms with E-state index >= 15 is 0 Å². The number of benzene rings is 1. The predicted molar refractivity (Wildman–Crippen MR) is 64.6 cm³/mol. The second kappa shape index (κ2) is 5.98. The highest BCUT2D eigenvalue weighted by Gasteiger charge is 2.22. The Morgan fingerprint density at radius 2 is 2.18 bits per heavy atom. The molecule has 2 N–H and O–H groups in total. The van der Waals surface area contributed by atoms with Crippen molar-refractivity contribution in [2.75, 3.05) is 6.54 Å². The maximum Gasteiger partial charge on any atom is 0.325 e. The van der Waals surface area contributed by atoms with Crippen molar-refractivity contribution in [3.8, 4) is 0 Å². The normalized spacial score (nSPS) is 12.8. The van der Waals surface area contributed by atoms with Crippen LogP contribution in [0.1, 0.15) is 25.5 Å². The fourth-order valence-corrected chi connectivity index (χ4v) is 1.58. The molecule has 0 radical (unpaired) electrons. The van der Waals surface area contributed by atoms with Gasteiger partial charge in [-0.1, -0.05) is 31.5 Å². The summed E-state index contributed by atoms with van der Waals surface area (Å²) in [4.78, 5) is 11.1. The van der Waals surface area contributed by atoms with Crippen LogP contribution in [0.3, 0.4) is 0 Å². The van der Waals surface area contributed by atoms with Crippen molar-refractivity contribution in [3.63, 3.8) is 0 Å². The van der Waals surface area contributed by atoms with Crippen molar-refractivity contribution < 1.29 is 14.3 Å². The summed E-state index contributed by atoms with van der Waals surface area (Å²) >= 11 is 5.62. The third-order valence-electron chi connectivity index (χ3n) is 2.25. The summed E-state index contributed by atoms with van der Waals surface area (Å²) < 4.78 is 13.6. The Labute approximate surface area is 105 Å². The minimum absolute atomic E-state index is 0.0996. The van der Waals surface area contributed by atoms with E-state index in [1.54, 1.807) is 0 Å². The summed E-state index contributed by atoms with van der Waals surface area (Å²) in [6, 6.07) is 2.94. The van der Waals surface area contributed by atoms with Gasteiger partial charge in [-0.15, -0.1) is 0 Å². The summed E-state index contributed by atoms with van der Waals surface area (Å²) in [7, 11) is 0. The van der Waals surface area contributed by atoms with Crippen LogP contribution in [0.5, 0.6) is 0 Å². The molecule has 0 fully saturated rings. The van der Waals surface area contributed by atoms with Crippen LogP contribution in [-0.4, -0.2) is 17.6 Å². The lowest BCUT2D eigenvalue weighted by Gasteiger charge is -2.17. The lowest BCUT2D eigenvalue weighted by molar-refractivity contribution is -0.139. The molecule has 17 heavy (non-hydrogen) atoms. The summed E-state index contributed by atoms with van der Waals surface area (Å²) in [5.74, 6) is -1.43. The SMILES string of the molecule is CC(C)CNC(C(=O)O)c1ccc(Cl)cc1F. The van der Waals surface area contributed by atoms with E-state index in [9.17, 15) is 9.18 Å². The standard InChI is InChI=1S/C12H15ClFNO2/c1-7(2)6-15-11(12(16)17)9-4-3-8(13)5-10(9)14/h3-5,7,11,15H,6H2,1-2H3,(H,16,17). The van der Waals surface area contributed by atoms with Crippen LogP contribution in [0.4, 0.5) is 4.39 Å². The van der Waals surface area contributed by atoms with Crippen LogP contribution in [0.15, 0.2) is 18.2 Å². The third kappa shape index (κ3) is 3.98. The molecule has 94 valence electrons. The molecular formula is C12H15ClFNO2. The molecule has 0 spiro atoms. The summed E-state index contributed by atoms with van der Waals surface area (Å²) in [5.41, 5.74) is 0.0996. The van der Waals surface area contributed by atoms with E-state index in [-0.39, 0.29) is 16.5 Å². The second-order valence-corrected chi connectivity index (χ2v) is 4.68. The first-order valence-electron chi connectivity index (χ1n) is 5.33. The zero-order valence-corrected chi connectivity index (χ0v) is 10.5. The monoisotopic (exact) mass is 259 g/mol. The van der Waals surface area contributed by atoms with Crippen LogP contribution < -0.4 is 5.32 Å². The Morgan fingerprint density at radius 3 is 2.65 bits per heavy atom. The molecular weight excluding hydrogens is 245 g/mol. The molecule has 0 heterocycles. The number of hydrogen-bond donors (Lipinski definition) is 2. The van der Waals surface area contributed by atoms with E-state index < -0.39 is 17.8 Å². The van der Waals surface area contributed by atoms with Crippen LogP contribution in [-0.2, 0) is 4.79 Å². The molecule has 5 heteroatoms. The van der Waals surface area contributed by atoms with Gasteiger partial charge in [-0.05, 0) is 24.6 Å². The third-order valence-corrected chi connectivity index (χ3v) is 2.49. The summed E-state index contributed by atoms with van der Waals surface area (Å²) in [6.45, 7) is 4.40. The van der Waals surface area contributed by atoms with Gasteiger partial charge in [0.25, 0.3) is 0 Å². The number of carboxylic acid groups (broad SMARTS) is 1. The van der Waals surface area contributed by atoms with Crippen LogP contribution >= 0.6 is 11.6 Å². The zero-order valence-electron chi connectivity index (χ0n) is 9.71. The van der Waals surface area contributed by atoms with Gasteiger partial charge in [0, 0.05) is 10.6 Å². The van der Waals surface area contributed by atoms with Gasteiger partial charge in [-0.2, -0.15) is 0 Å². The van der Waals surface area contributed by atoms with E-state index in [0.717, 1.165) is 6.07 Å². The lowest BCUT2D eigenvalue weighted by Crippen LogP contribution is -2.31. The maximum absolute atomic E-state index is 13.6. The summed E-state index contributed by atoms with van der Waals surface area (Å²) in [5, 5.41) is 12.1. The van der Waals surface area contributed by atoms with Crippen molar-refractivity contribution in [2.45, 2.75) is 19.9 Å². The van der Waals surface area contributed by atoms with E-state index in [4.69, 9.17) is 16.7 Å². The first kappa shape index (κ1) is 13.9. The number of hydrogen-bond acceptors (Lipinski definition) is 2. The molecule has 0 aliphatic heterocycles. The van der Waals surface area contributed by atoms with E-state index in [1.807, 2.05) is 13.8 Å². The van der Waals surface area contributed by atoms with Crippen molar-refractivity contribution in [1.82, 2.24) is 5.32 Å². The number of aliphatic carboxylic acids is 1. The average molecular weight is 260 g/mol. The molecule has 0 bridgehead atoms. The molecule has 0 aromatic heterocycles. The number of carboxylic acids is 1. The molecule has 1 atom stereocenters. The predicted octanol–water partition coefficient (Wildman–Crippen LogP) is 2.85. The van der Waals surface area contributed by atoms with E-state index in [0.29, 0.717) is 6.54 Å². The highest BCUT2D eigenvalue weighted by Crippen LogP contribution is 2.21. The molecule has 3 nitrogen and oxygen atoms in total. The van der Waals surface area contributed by atoms with Gasteiger partial charge in [-0.25, -0.2) is 4.39 Å². The molecule has 1 rings (SSSR count). The molecule has 0 aliphatic rings. The van der Waals surface area contributed by atoms with Crippen molar-refractivity contribution >= 4 is 17.6 Å². The highest BCUT2D eigenvalue weighted by atomic mass is 35.5. The zero-order chi connectivity index (χ0) is 13.0. The molecule has 1 aromatic carbocycles. The van der Waals surface area contributed by atoms with Crippen LogP contribution in [0.25, 0.3) is 0 Å². The minimum atomic E-state index is -1.10. The highest BCUT2D eigenvalue weighted by molar-refractivity contribution is 6.30. The summed E-state index contributed by atoms with van der Waals surface area (Å²) in [6.07, 6.45) is 0. The maximum atomic E-state index is 13.6. The van der Waals surface area contributed by atoms with E-state index in [2.05, 4.69) is 5.32 Å². The smallest absolute Gasteiger partial charge is 0.325 e. The number of carbonyl (C=O) groups is 1. The topological polar surface area (TPSA) is 49.3 Å². The Bertz CT molecular complexity index is 409. The van der Waals surface area contributed by atoms with Gasteiger partial charge in [-0.3, -0.25) is 4.79 Å². The van der Waals surface area contributed by atoms with Gasteiger partial charge in [0.1, 0.15) is 11.9 Å². The first-order valence-corrected chi connectivity index (χ1v) is 5.70. The van der Waals surface area contributed by atoms with Gasteiger partial charge in [0.05, 0.1) is 0 Å². The quantitative estimate of drug-likeness (QED) is 0.855. The fraction of sp³-hybridized carbons (Fsp3) is 0.417. The second-order valence-electron chi connectivity index (χ2n) is 4.24. The van der Waals surface area contributed by atoms with Crippen molar-refractivity contribution in [2.24, 2.45) is 5.92 Å². The molecule has 1 aromatic rings. The van der Waals surface area contributed by atoms with Gasteiger partial charge in [0.15, 0.2) is 0 Å². The lowest BCUT2D eigenvalue weighted by atomic mass is 10.1. The number of rotatable bonds is 5. The van der Waals surface area contributed by atoms with Gasteiger partial charge >= 0.3 is 5.97 Å². The Balaban J connectivity index is 2.93.